The number of amides is 2. The molecule has 0 unspecified atom stereocenters. The number of anilines is 2. The van der Waals surface area contributed by atoms with E-state index in [4.69, 9.17) is 11.6 Å². The standard InChI is InChI=1S/C20H21ClN2O2S/c1-13(2)14-5-9-17(10-6-14)23-19(25)12-26-20(23)15-3-7-16(8-4-15)22-18(24)11-21/h3-10,13,20H,11-12H2,1-2H3,(H,22,24)/t20-/m1/s1. The summed E-state index contributed by atoms with van der Waals surface area (Å²) in [5.41, 5.74) is 3.89. The molecule has 1 heterocycles. The molecular formula is C20H21ClN2O2S. The molecule has 4 nitrogen and oxygen atoms in total. The second kappa shape index (κ2) is 8.14. The second-order valence-corrected chi connectivity index (χ2v) is 7.81. The molecular weight excluding hydrogens is 368 g/mol. The van der Waals surface area contributed by atoms with Crippen LogP contribution in [-0.2, 0) is 9.59 Å². The first kappa shape index (κ1) is 18.8. The number of hydrogen-bond acceptors (Lipinski definition) is 3. The van der Waals surface area contributed by atoms with Crippen molar-refractivity contribution in [1.29, 1.82) is 0 Å². The lowest BCUT2D eigenvalue weighted by Gasteiger charge is -2.25. The van der Waals surface area contributed by atoms with E-state index in [2.05, 4.69) is 31.3 Å². The van der Waals surface area contributed by atoms with Gasteiger partial charge >= 0.3 is 0 Å². The van der Waals surface area contributed by atoms with Crippen LogP contribution in [0.1, 0.15) is 36.3 Å². The molecule has 26 heavy (non-hydrogen) atoms. The molecule has 1 N–H and O–H groups in total. The molecule has 1 aliphatic rings. The van der Waals surface area contributed by atoms with Crippen molar-refractivity contribution >= 4 is 46.6 Å². The molecule has 0 saturated carbocycles. The zero-order valence-electron chi connectivity index (χ0n) is 14.7. The van der Waals surface area contributed by atoms with Gasteiger partial charge in [-0.15, -0.1) is 23.4 Å². The smallest absolute Gasteiger partial charge is 0.239 e. The molecule has 0 spiro atoms. The molecule has 1 aliphatic heterocycles. The van der Waals surface area contributed by atoms with Crippen molar-refractivity contribution in [3.8, 4) is 0 Å². The Hall–Kier alpha value is -1.98. The average molecular weight is 389 g/mol. The molecule has 0 aromatic heterocycles. The SMILES string of the molecule is CC(C)c1ccc(N2C(=O)CS[C@@H]2c2ccc(NC(=O)CCl)cc2)cc1. The number of nitrogens with one attached hydrogen (secondary N) is 1. The summed E-state index contributed by atoms with van der Waals surface area (Å²) in [5.74, 6) is 0.712. The summed E-state index contributed by atoms with van der Waals surface area (Å²) in [7, 11) is 0. The number of halogens is 1. The van der Waals surface area contributed by atoms with Crippen LogP contribution in [0.15, 0.2) is 48.5 Å². The summed E-state index contributed by atoms with van der Waals surface area (Å²) in [4.78, 5) is 25.7. The van der Waals surface area contributed by atoms with Gasteiger partial charge < -0.3 is 5.32 Å². The number of carbonyl (C=O) groups is 2. The highest BCUT2D eigenvalue weighted by atomic mass is 35.5. The Morgan fingerprint density at radius 3 is 2.42 bits per heavy atom. The number of nitrogens with zero attached hydrogens (tertiary/aromatic N) is 1. The Morgan fingerprint density at radius 1 is 1.19 bits per heavy atom. The first-order valence-electron chi connectivity index (χ1n) is 8.49. The van der Waals surface area contributed by atoms with Crippen LogP contribution in [0.5, 0.6) is 0 Å². The maximum Gasteiger partial charge on any atom is 0.239 e. The van der Waals surface area contributed by atoms with Crippen LogP contribution in [0.4, 0.5) is 11.4 Å². The molecule has 2 amide bonds. The van der Waals surface area contributed by atoms with Crippen molar-refractivity contribution in [3.63, 3.8) is 0 Å². The zero-order chi connectivity index (χ0) is 18.7. The molecule has 1 atom stereocenters. The maximum absolute atomic E-state index is 12.5. The third-order valence-electron chi connectivity index (χ3n) is 4.31. The normalized spacial score (nSPS) is 17.0. The van der Waals surface area contributed by atoms with E-state index in [0.29, 0.717) is 17.4 Å². The van der Waals surface area contributed by atoms with E-state index >= 15 is 0 Å². The Labute approximate surface area is 162 Å². The van der Waals surface area contributed by atoms with Gasteiger partial charge in [-0.2, -0.15) is 0 Å². The van der Waals surface area contributed by atoms with Gasteiger partial charge in [0.15, 0.2) is 0 Å². The van der Waals surface area contributed by atoms with Gasteiger partial charge in [-0.1, -0.05) is 38.1 Å². The monoisotopic (exact) mass is 388 g/mol. The van der Waals surface area contributed by atoms with E-state index in [1.54, 1.807) is 11.8 Å². The van der Waals surface area contributed by atoms with Gasteiger partial charge in [-0.25, -0.2) is 0 Å². The van der Waals surface area contributed by atoms with Crippen LogP contribution in [0.3, 0.4) is 0 Å². The fourth-order valence-electron chi connectivity index (χ4n) is 2.90. The number of alkyl halides is 1. The third kappa shape index (κ3) is 4.05. The van der Waals surface area contributed by atoms with Gasteiger partial charge in [0.25, 0.3) is 0 Å². The Morgan fingerprint density at radius 2 is 1.85 bits per heavy atom. The molecule has 2 aromatic rings. The van der Waals surface area contributed by atoms with Crippen LogP contribution in [0.2, 0.25) is 0 Å². The molecule has 6 heteroatoms. The third-order valence-corrected chi connectivity index (χ3v) is 5.76. The van der Waals surface area contributed by atoms with Gasteiger partial charge in [-0.05, 0) is 41.3 Å². The minimum atomic E-state index is -0.239. The maximum atomic E-state index is 12.5. The zero-order valence-corrected chi connectivity index (χ0v) is 16.3. The minimum Gasteiger partial charge on any atom is -0.325 e. The molecule has 1 fully saturated rings. The highest BCUT2D eigenvalue weighted by Crippen LogP contribution is 2.42. The van der Waals surface area contributed by atoms with E-state index in [0.717, 1.165) is 11.3 Å². The van der Waals surface area contributed by atoms with Crippen molar-refractivity contribution in [2.45, 2.75) is 25.1 Å². The number of hydrogen-bond donors (Lipinski definition) is 1. The Balaban J connectivity index is 1.82. The summed E-state index contributed by atoms with van der Waals surface area (Å²) < 4.78 is 0. The number of benzene rings is 2. The van der Waals surface area contributed by atoms with Crippen molar-refractivity contribution in [2.75, 3.05) is 21.8 Å². The predicted octanol–water partition coefficient (Wildman–Crippen LogP) is 4.77. The molecule has 0 bridgehead atoms. The van der Waals surface area contributed by atoms with Crippen LogP contribution >= 0.6 is 23.4 Å². The Kier molecular flexibility index (Phi) is 5.89. The molecule has 0 radical (unpaired) electrons. The molecule has 136 valence electrons. The highest BCUT2D eigenvalue weighted by Gasteiger charge is 2.34. The van der Waals surface area contributed by atoms with Gasteiger partial charge in [0.2, 0.25) is 11.8 Å². The summed E-state index contributed by atoms with van der Waals surface area (Å²) in [6, 6.07) is 15.7. The van der Waals surface area contributed by atoms with E-state index in [1.807, 2.05) is 41.3 Å². The average Bonchev–Trinajstić information content (AvgIpc) is 3.03. The van der Waals surface area contributed by atoms with E-state index in [9.17, 15) is 9.59 Å². The molecule has 0 aliphatic carbocycles. The summed E-state index contributed by atoms with van der Waals surface area (Å²) in [5, 5.41) is 2.65. The van der Waals surface area contributed by atoms with Crippen LogP contribution < -0.4 is 10.2 Å². The van der Waals surface area contributed by atoms with E-state index in [1.165, 1.54) is 5.56 Å². The first-order valence-corrected chi connectivity index (χ1v) is 10.1. The highest BCUT2D eigenvalue weighted by molar-refractivity contribution is 8.00. The quantitative estimate of drug-likeness (QED) is 0.751. The lowest BCUT2D eigenvalue weighted by atomic mass is 10.0. The summed E-state index contributed by atoms with van der Waals surface area (Å²) in [6.45, 7) is 4.30. The molecule has 1 saturated heterocycles. The van der Waals surface area contributed by atoms with Gasteiger partial charge in [0.1, 0.15) is 11.3 Å². The van der Waals surface area contributed by atoms with E-state index < -0.39 is 0 Å². The van der Waals surface area contributed by atoms with Crippen molar-refractivity contribution in [3.05, 3.63) is 59.7 Å². The lowest BCUT2D eigenvalue weighted by molar-refractivity contribution is -0.116. The van der Waals surface area contributed by atoms with Crippen LogP contribution in [-0.4, -0.2) is 23.4 Å². The predicted molar refractivity (Wildman–Crippen MR) is 109 cm³/mol. The first-order chi connectivity index (χ1) is 12.5. The Bertz CT molecular complexity index is 790. The van der Waals surface area contributed by atoms with Gasteiger partial charge in [0, 0.05) is 11.4 Å². The van der Waals surface area contributed by atoms with Crippen LogP contribution in [0, 0.1) is 0 Å². The van der Waals surface area contributed by atoms with Gasteiger partial charge in [0.05, 0.1) is 5.75 Å². The van der Waals surface area contributed by atoms with Crippen molar-refractivity contribution in [1.82, 2.24) is 0 Å². The molecule has 2 aromatic carbocycles. The topological polar surface area (TPSA) is 49.4 Å². The second-order valence-electron chi connectivity index (χ2n) is 6.48. The molecule has 3 rings (SSSR count). The minimum absolute atomic E-state index is 0.0646. The van der Waals surface area contributed by atoms with Gasteiger partial charge in [-0.3, -0.25) is 14.5 Å². The lowest BCUT2D eigenvalue weighted by Crippen LogP contribution is -2.27. The number of rotatable bonds is 5. The van der Waals surface area contributed by atoms with E-state index in [-0.39, 0.29) is 23.1 Å². The summed E-state index contributed by atoms with van der Waals surface area (Å²) >= 11 is 7.12. The fraction of sp³-hybridized carbons (Fsp3) is 0.300. The van der Waals surface area contributed by atoms with Crippen LogP contribution in [0.25, 0.3) is 0 Å². The summed E-state index contributed by atoms with van der Waals surface area (Å²) in [6.07, 6.45) is 0. The van der Waals surface area contributed by atoms with Crippen molar-refractivity contribution in [2.24, 2.45) is 0 Å². The van der Waals surface area contributed by atoms with Crippen molar-refractivity contribution < 1.29 is 9.59 Å². The fourth-order valence-corrected chi connectivity index (χ4v) is 4.14. The largest absolute Gasteiger partial charge is 0.325 e. The number of carbonyl (C=O) groups excluding carboxylic acids is 2. The number of thioether (sulfide) groups is 1.